The number of piperidine rings is 2. The summed E-state index contributed by atoms with van der Waals surface area (Å²) in [4.78, 5) is 57.1. The molecule has 4 fully saturated rings. The molecule has 3 N–H and O–H groups in total. The number of carbonyl (C=O) groups excluding carboxylic acids is 2. The molecule has 58 heavy (non-hydrogen) atoms. The molecule has 6 aromatic heterocycles. The van der Waals surface area contributed by atoms with E-state index in [-0.39, 0.29) is 24.3 Å². The number of hydrogen-bond acceptors (Lipinski definition) is 11. The number of pyridine rings is 2. The minimum atomic E-state index is 0.101. The molecule has 0 aromatic carbocycles. The van der Waals surface area contributed by atoms with E-state index in [9.17, 15) is 9.59 Å². The lowest BCUT2D eigenvalue weighted by Gasteiger charge is -2.33. The predicted octanol–water partition coefficient (Wildman–Crippen LogP) is 3.10. The molecule has 4 aliphatic rings. The standard InChI is InChI=1S/C22H27N7O2.C19H24N6O2/c23-5-1-7-27-8-3-16(4-9-27)29-19(14-20(30)28-10-12-31-13-11-28)26-18-15-25-22-17(21(18)29)2-6-24-22;26-17(24-7-9-27-10-8-24)11-16-23-15-12-22-19-14(3-6-21-19)18(15)25(16)13-1-4-20-5-2-13/h2,6,15-16H,1,3-4,7-14H2,(H,24,25);3,6,12-13,20H,1-2,4-5,7-11H2,(H,21,22). The summed E-state index contributed by atoms with van der Waals surface area (Å²) in [6, 6.07) is 6.96. The second-order valence-corrected chi connectivity index (χ2v) is 15.6. The number of hydrogen-bond donors (Lipinski definition) is 3. The molecule has 4 aliphatic heterocycles. The number of imidazole rings is 2. The van der Waals surface area contributed by atoms with Crippen LogP contribution in [0.15, 0.2) is 36.9 Å². The van der Waals surface area contributed by atoms with Gasteiger partial charge in [0.2, 0.25) is 11.8 Å². The van der Waals surface area contributed by atoms with Gasteiger partial charge in [-0.1, -0.05) is 0 Å². The lowest BCUT2D eigenvalue weighted by Crippen LogP contribution is -2.42. The van der Waals surface area contributed by atoms with Gasteiger partial charge in [-0.2, -0.15) is 5.26 Å². The number of aromatic nitrogens is 8. The number of morpholine rings is 2. The second kappa shape index (κ2) is 17.2. The van der Waals surface area contributed by atoms with E-state index in [1.807, 2.05) is 34.5 Å². The molecule has 6 aromatic rings. The molecule has 304 valence electrons. The minimum absolute atomic E-state index is 0.101. The van der Waals surface area contributed by atoms with Crippen LogP contribution in [0.25, 0.3) is 44.1 Å². The molecule has 0 spiro atoms. The SMILES string of the molecule is N#CCCN1CCC(n2c(CC(=O)N3CCOCC3)nc3cnc4[nH]ccc4c32)CC1.O=C(Cc1nc2cnc3[nH]ccc3c2n1C1CCNCC1)N1CCOCC1. The van der Waals surface area contributed by atoms with E-state index in [0.717, 1.165) is 114 Å². The molecule has 4 saturated heterocycles. The van der Waals surface area contributed by atoms with E-state index < -0.39 is 0 Å². The highest BCUT2D eigenvalue weighted by atomic mass is 16.5. The Morgan fingerprint density at radius 2 is 1.19 bits per heavy atom. The summed E-state index contributed by atoms with van der Waals surface area (Å²) in [5.41, 5.74) is 5.56. The predicted molar refractivity (Wildman–Crippen MR) is 217 cm³/mol. The van der Waals surface area contributed by atoms with Crippen molar-refractivity contribution in [3.63, 3.8) is 0 Å². The number of nitrogens with one attached hydrogen (secondary N) is 3. The summed E-state index contributed by atoms with van der Waals surface area (Å²) in [6.45, 7) is 9.72. The fourth-order valence-electron chi connectivity index (χ4n) is 9.11. The molecule has 0 bridgehead atoms. The zero-order chi connectivity index (χ0) is 39.4. The Kier molecular flexibility index (Phi) is 11.3. The van der Waals surface area contributed by atoms with Crippen LogP contribution in [-0.4, -0.2) is 151 Å². The molecule has 0 saturated carbocycles. The molecule has 0 atom stereocenters. The molecule has 10 heterocycles. The van der Waals surface area contributed by atoms with Crippen LogP contribution in [-0.2, 0) is 31.9 Å². The van der Waals surface area contributed by atoms with E-state index in [1.165, 1.54) is 0 Å². The summed E-state index contributed by atoms with van der Waals surface area (Å²) < 4.78 is 15.4. The normalized spacial score (nSPS) is 18.9. The largest absolute Gasteiger partial charge is 0.378 e. The Morgan fingerprint density at radius 3 is 1.67 bits per heavy atom. The topological polar surface area (TPSA) is 191 Å². The van der Waals surface area contributed by atoms with Gasteiger partial charge in [0.15, 0.2) is 0 Å². The van der Waals surface area contributed by atoms with Crippen molar-refractivity contribution in [2.24, 2.45) is 0 Å². The van der Waals surface area contributed by atoms with Crippen LogP contribution in [0.3, 0.4) is 0 Å². The summed E-state index contributed by atoms with van der Waals surface area (Å²) in [5, 5.41) is 14.4. The van der Waals surface area contributed by atoms with Crippen molar-refractivity contribution < 1.29 is 19.1 Å². The van der Waals surface area contributed by atoms with Crippen molar-refractivity contribution in [2.45, 2.75) is 57.0 Å². The van der Waals surface area contributed by atoms with Crippen molar-refractivity contribution in [3.8, 4) is 6.07 Å². The monoisotopic (exact) mass is 789 g/mol. The number of fused-ring (bicyclic) bond motifs is 6. The Hall–Kier alpha value is -5.41. The number of carbonyl (C=O) groups is 2. The number of likely N-dealkylation sites (tertiary alicyclic amines) is 1. The Labute approximate surface area is 335 Å². The third kappa shape index (κ3) is 7.76. The minimum Gasteiger partial charge on any atom is -0.378 e. The first-order valence-corrected chi connectivity index (χ1v) is 20.7. The lowest BCUT2D eigenvalue weighted by molar-refractivity contribution is -0.135. The fraction of sp³-hybridized carbons (Fsp3) is 0.537. The molecular weight excluding hydrogens is 739 g/mol. The van der Waals surface area contributed by atoms with E-state index in [0.29, 0.717) is 71.5 Å². The highest BCUT2D eigenvalue weighted by molar-refractivity contribution is 6.02. The Morgan fingerprint density at radius 1 is 0.707 bits per heavy atom. The molecule has 17 nitrogen and oxygen atoms in total. The zero-order valence-corrected chi connectivity index (χ0v) is 32.9. The fourth-order valence-corrected chi connectivity index (χ4v) is 9.11. The number of H-pyrrole nitrogens is 2. The molecule has 0 radical (unpaired) electrons. The van der Waals surface area contributed by atoms with Crippen LogP contribution < -0.4 is 5.32 Å². The number of rotatable bonds is 8. The summed E-state index contributed by atoms with van der Waals surface area (Å²) in [7, 11) is 0. The van der Waals surface area contributed by atoms with Crippen LogP contribution in [0.1, 0.15) is 55.8 Å². The highest BCUT2D eigenvalue weighted by Gasteiger charge is 2.29. The van der Waals surface area contributed by atoms with Gasteiger partial charge in [0, 0.05) is 87.5 Å². The summed E-state index contributed by atoms with van der Waals surface area (Å²) in [5.74, 6) is 1.90. The molecule has 0 unspecified atom stereocenters. The van der Waals surface area contributed by atoms with Gasteiger partial charge in [0.1, 0.15) is 34.0 Å². The van der Waals surface area contributed by atoms with E-state index in [1.54, 1.807) is 6.20 Å². The van der Waals surface area contributed by atoms with Gasteiger partial charge in [-0.15, -0.1) is 0 Å². The van der Waals surface area contributed by atoms with Crippen LogP contribution in [0, 0.1) is 11.3 Å². The van der Waals surface area contributed by atoms with Gasteiger partial charge in [-0.05, 0) is 50.9 Å². The number of aromatic amines is 2. The van der Waals surface area contributed by atoms with Gasteiger partial charge in [-0.3, -0.25) is 9.59 Å². The van der Waals surface area contributed by atoms with Gasteiger partial charge < -0.3 is 48.6 Å². The maximum absolute atomic E-state index is 13.0. The van der Waals surface area contributed by atoms with Gasteiger partial charge in [-0.25, -0.2) is 19.9 Å². The maximum atomic E-state index is 13.0. The van der Waals surface area contributed by atoms with Gasteiger partial charge in [0.25, 0.3) is 0 Å². The first-order chi connectivity index (χ1) is 28.6. The van der Waals surface area contributed by atoms with Crippen molar-refractivity contribution >= 4 is 55.9 Å². The van der Waals surface area contributed by atoms with Gasteiger partial charge >= 0.3 is 0 Å². The maximum Gasteiger partial charge on any atom is 0.230 e. The van der Waals surface area contributed by atoms with Gasteiger partial charge in [0.05, 0.1) is 68.8 Å². The van der Waals surface area contributed by atoms with E-state index in [2.05, 4.69) is 51.4 Å². The van der Waals surface area contributed by atoms with Crippen LogP contribution in [0.5, 0.6) is 0 Å². The van der Waals surface area contributed by atoms with Crippen molar-refractivity contribution in [1.82, 2.24) is 59.1 Å². The van der Waals surface area contributed by atoms with Crippen molar-refractivity contribution in [2.75, 3.05) is 85.3 Å². The number of ether oxygens (including phenoxy) is 2. The Bertz CT molecular complexity index is 2420. The average molecular weight is 790 g/mol. The number of amides is 2. The van der Waals surface area contributed by atoms with Crippen molar-refractivity contribution in [3.05, 3.63) is 48.6 Å². The Balaban J connectivity index is 0.000000152. The molecule has 2 amide bonds. The quantitative estimate of drug-likeness (QED) is 0.205. The smallest absolute Gasteiger partial charge is 0.230 e. The summed E-state index contributed by atoms with van der Waals surface area (Å²) in [6.07, 6.45) is 12.6. The highest BCUT2D eigenvalue weighted by Crippen LogP contribution is 2.34. The molecule has 0 aliphatic carbocycles. The first kappa shape index (κ1) is 38.1. The molecular formula is C41H51N13O4. The first-order valence-electron chi connectivity index (χ1n) is 20.7. The number of nitriles is 1. The summed E-state index contributed by atoms with van der Waals surface area (Å²) >= 11 is 0. The van der Waals surface area contributed by atoms with E-state index >= 15 is 0 Å². The second-order valence-electron chi connectivity index (χ2n) is 15.6. The average Bonchev–Trinajstić information content (AvgIpc) is 4.09. The number of nitrogens with zero attached hydrogens (tertiary/aromatic N) is 10. The lowest BCUT2D eigenvalue weighted by atomic mass is 10.0. The molecule has 17 heteroatoms. The molecule has 10 rings (SSSR count). The third-order valence-electron chi connectivity index (χ3n) is 12.1. The van der Waals surface area contributed by atoms with Crippen LogP contribution >= 0.6 is 0 Å². The van der Waals surface area contributed by atoms with Crippen LogP contribution in [0.4, 0.5) is 0 Å². The zero-order valence-electron chi connectivity index (χ0n) is 32.9. The third-order valence-corrected chi connectivity index (χ3v) is 12.1. The van der Waals surface area contributed by atoms with E-state index in [4.69, 9.17) is 24.7 Å². The van der Waals surface area contributed by atoms with Crippen molar-refractivity contribution in [1.29, 1.82) is 5.26 Å². The van der Waals surface area contributed by atoms with Crippen LogP contribution in [0.2, 0.25) is 0 Å².